The van der Waals surface area contributed by atoms with Crippen LogP contribution in [0.15, 0.2) is 33.0 Å². The van der Waals surface area contributed by atoms with Gasteiger partial charge in [-0.25, -0.2) is 14.7 Å². The number of hydrogen-bond acceptors (Lipinski definition) is 4. The van der Waals surface area contributed by atoms with Gasteiger partial charge >= 0.3 is 11.7 Å². The molecule has 0 aliphatic carbocycles. The molecule has 0 fully saturated rings. The van der Waals surface area contributed by atoms with E-state index in [-0.39, 0.29) is 11.3 Å². The fourth-order valence-electron chi connectivity index (χ4n) is 1.28. The lowest BCUT2D eigenvalue weighted by atomic mass is 10.2. The minimum Gasteiger partial charge on any atom is -0.478 e. The fourth-order valence-corrected chi connectivity index (χ4v) is 2.48. The van der Waals surface area contributed by atoms with E-state index in [4.69, 9.17) is 16.7 Å². The zero-order chi connectivity index (χ0) is 13.3. The molecule has 18 heavy (non-hydrogen) atoms. The second kappa shape index (κ2) is 4.87. The van der Waals surface area contributed by atoms with Gasteiger partial charge in [0.05, 0.1) is 5.56 Å². The highest BCUT2D eigenvalue weighted by Crippen LogP contribution is 2.30. The van der Waals surface area contributed by atoms with Gasteiger partial charge in [0, 0.05) is 17.0 Å². The Morgan fingerprint density at radius 1 is 1.56 bits per heavy atom. The summed E-state index contributed by atoms with van der Waals surface area (Å²) >= 11 is 6.89. The molecule has 94 valence electrons. The molecule has 2 rings (SSSR count). The van der Waals surface area contributed by atoms with Crippen molar-refractivity contribution in [3.8, 4) is 0 Å². The van der Waals surface area contributed by atoms with Crippen LogP contribution in [0.4, 0.5) is 0 Å². The first-order chi connectivity index (χ1) is 8.49. The number of hydrogen-bond donors (Lipinski definition) is 2. The maximum Gasteiger partial charge on any atom is 0.343 e. The third-order valence-electron chi connectivity index (χ3n) is 2.21. The van der Waals surface area contributed by atoms with Gasteiger partial charge in [0.15, 0.2) is 5.16 Å². The molecule has 0 saturated heterocycles. The lowest BCUT2D eigenvalue weighted by molar-refractivity contribution is 0.0693. The van der Waals surface area contributed by atoms with Gasteiger partial charge in [-0.3, -0.25) is 4.57 Å². The number of aromatic amines is 1. The number of nitrogens with one attached hydrogen (secondary N) is 1. The minimum atomic E-state index is -1.06. The van der Waals surface area contributed by atoms with Crippen molar-refractivity contribution in [2.75, 3.05) is 0 Å². The van der Waals surface area contributed by atoms with Crippen molar-refractivity contribution in [3.05, 3.63) is 39.3 Å². The van der Waals surface area contributed by atoms with E-state index in [0.717, 1.165) is 11.8 Å². The molecule has 0 aliphatic heterocycles. The van der Waals surface area contributed by atoms with Crippen LogP contribution in [0.1, 0.15) is 10.4 Å². The van der Waals surface area contributed by atoms with Crippen molar-refractivity contribution in [2.24, 2.45) is 7.05 Å². The average molecular weight is 286 g/mol. The van der Waals surface area contributed by atoms with Crippen molar-refractivity contribution >= 4 is 29.3 Å². The number of carboxylic acids is 1. The number of halogens is 1. The Labute approximate surface area is 111 Å². The Morgan fingerprint density at radius 3 is 2.83 bits per heavy atom. The number of carboxylic acid groups (broad SMARTS) is 1. The first-order valence-corrected chi connectivity index (χ1v) is 6.00. The summed E-state index contributed by atoms with van der Waals surface area (Å²) in [4.78, 5) is 22.7. The largest absolute Gasteiger partial charge is 0.478 e. The number of rotatable bonds is 3. The number of nitrogens with zero attached hydrogens (tertiary/aromatic N) is 2. The van der Waals surface area contributed by atoms with Gasteiger partial charge in [-0.15, -0.1) is 5.10 Å². The number of aromatic nitrogens is 3. The van der Waals surface area contributed by atoms with Crippen LogP contribution < -0.4 is 5.69 Å². The summed E-state index contributed by atoms with van der Waals surface area (Å²) in [6, 6.07) is 4.44. The lowest BCUT2D eigenvalue weighted by Crippen LogP contribution is -2.12. The second-order valence-corrected chi connectivity index (χ2v) is 4.86. The highest BCUT2D eigenvalue weighted by molar-refractivity contribution is 7.99. The Balaban J connectivity index is 2.45. The van der Waals surface area contributed by atoms with Gasteiger partial charge < -0.3 is 5.11 Å². The predicted molar refractivity (Wildman–Crippen MR) is 66.4 cm³/mol. The van der Waals surface area contributed by atoms with E-state index >= 15 is 0 Å². The Bertz CT molecular complexity index is 665. The predicted octanol–water partition coefficient (Wildman–Crippen LogP) is 1.61. The molecule has 0 aliphatic rings. The monoisotopic (exact) mass is 285 g/mol. The topological polar surface area (TPSA) is 88.0 Å². The third kappa shape index (κ3) is 2.41. The minimum absolute atomic E-state index is 0.111. The average Bonchev–Trinajstić information content (AvgIpc) is 2.61. The molecule has 0 amide bonds. The van der Waals surface area contributed by atoms with Crippen LogP contribution in [0.25, 0.3) is 0 Å². The zero-order valence-electron chi connectivity index (χ0n) is 9.18. The van der Waals surface area contributed by atoms with Crippen LogP contribution >= 0.6 is 23.4 Å². The maximum absolute atomic E-state index is 11.2. The molecule has 1 aromatic carbocycles. The van der Waals surface area contributed by atoms with Crippen LogP contribution in [-0.4, -0.2) is 25.8 Å². The van der Waals surface area contributed by atoms with Crippen LogP contribution in [0.5, 0.6) is 0 Å². The Hall–Kier alpha value is -1.73. The quantitative estimate of drug-likeness (QED) is 0.894. The van der Waals surface area contributed by atoms with Gasteiger partial charge in [-0.05, 0) is 30.0 Å². The van der Waals surface area contributed by atoms with Crippen LogP contribution in [-0.2, 0) is 7.05 Å². The number of H-pyrrole nitrogens is 1. The highest BCUT2D eigenvalue weighted by atomic mass is 35.5. The summed E-state index contributed by atoms with van der Waals surface area (Å²) in [5.74, 6) is -1.06. The summed E-state index contributed by atoms with van der Waals surface area (Å²) in [6.07, 6.45) is 0. The first kappa shape index (κ1) is 12.7. The number of aromatic carboxylic acids is 1. The summed E-state index contributed by atoms with van der Waals surface area (Å²) in [7, 11) is 1.54. The summed E-state index contributed by atoms with van der Waals surface area (Å²) in [5.41, 5.74) is -0.253. The van der Waals surface area contributed by atoms with Crippen molar-refractivity contribution in [2.45, 2.75) is 10.1 Å². The molecular weight excluding hydrogens is 278 g/mol. The normalized spacial score (nSPS) is 10.6. The molecule has 1 heterocycles. The van der Waals surface area contributed by atoms with E-state index in [2.05, 4.69) is 10.2 Å². The van der Waals surface area contributed by atoms with Gasteiger partial charge in [-0.1, -0.05) is 11.6 Å². The van der Waals surface area contributed by atoms with E-state index in [1.807, 2.05) is 0 Å². The fraction of sp³-hybridized carbons (Fsp3) is 0.100. The van der Waals surface area contributed by atoms with Crippen molar-refractivity contribution < 1.29 is 9.90 Å². The molecular formula is C10H8ClN3O3S. The summed E-state index contributed by atoms with van der Waals surface area (Å²) < 4.78 is 1.29. The first-order valence-electron chi connectivity index (χ1n) is 4.81. The molecule has 0 spiro atoms. The molecule has 8 heteroatoms. The molecule has 6 nitrogen and oxygen atoms in total. The molecule has 0 saturated carbocycles. The zero-order valence-corrected chi connectivity index (χ0v) is 10.7. The van der Waals surface area contributed by atoms with Gasteiger partial charge in [0.25, 0.3) is 0 Å². The molecule has 0 radical (unpaired) electrons. The van der Waals surface area contributed by atoms with E-state index in [9.17, 15) is 9.59 Å². The Morgan fingerprint density at radius 2 is 2.28 bits per heavy atom. The standard InChI is InChI=1S/C10H8ClN3O3S/c1-14-9(17)12-13-10(14)18-7-4-5(11)2-3-6(7)8(15)16/h2-4H,1H3,(H,12,17)(H,15,16). The van der Waals surface area contributed by atoms with E-state index < -0.39 is 5.97 Å². The molecule has 1 aromatic heterocycles. The highest BCUT2D eigenvalue weighted by Gasteiger charge is 2.14. The molecule has 0 bridgehead atoms. The molecule has 2 aromatic rings. The lowest BCUT2D eigenvalue weighted by Gasteiger charge is -2.05. The number of benzene rings is 1. The van der Waals surface area contributed by atoms with Crippen molar-refractivity contribution in [3.63, 3.8) is 0 Å². The van der Waals surface area contributed by atoms with Crippen LogP contribution in [0.2, 0.25) is 5.02 Å². The molecule has 0 unspecified atom stereocenters. The van der Waals surface area contributed by atoms with Crippen LogP contribution in [0, 0.1) is 0 Å². The van der Waals surface area contributed by atoms with E-state index in [0.29, 0.717) is 15.1 Å². The smallest absolute Gasteiger partial charge is 0.343 e. The second-order valence-electron chi connectivity index (χ2n) is 3.42. The van der Waals surface area contributed by atoms with Crippen molar-refractivity contribution in [1.82, 2.24) is 14.8 Å². The molecule has 2 N–H and O–H groups in total. The van der Waals surface area contributed by atoms with Crippen molar-refractivity contribution in [1.29, 1.82) is 0 Å². The third-order valence-corrected chi connectivity index (χ3v) is 3.55. The van der Waals surface area contributed by atoms with Crippen LogP contribution in [0.3, 0.4) is 0 Å². The van der Waals surface area contributed by atoms with Gasteiger partial charge in [-0.2, -0.15) is 0 Å². The maximum atomic E-state index is 11.2. The van der Waals surface area contributed by atoms with E-state index in [1.54, 1.807) is 7.05 Å². The van der Waals surface area contributed by atoms with Gasteiger partial charge in [0.2, 0.25) is 0 Å². The summed E-state index contributed by atoms with van der Waals surface area (Å²) in [5, 5.41) is 15.9. The number of carbonyl (C=O) groups is 1. The van der Waals surface area contributed by atoms with E-state index in [1.165, 1.54) is 22.8 Å². The SMILES string of the molecule is Cn1c(Sc2cc(Cl)ccc2C(=O)O)n[nH]c1=O. The molecule has 0 atom stereocenters. The Kier molecular flexibility index (Phi) is 3.44. The summed E-state index contributed by atoms with van der Waals surface area (Å²) in [6.45, 7) is 0. The van der Waals surface area contributed by atoms with Gasteiger partial charge in [0.1, 0.15) is 0 Å².